The zero-order chi connectivity index (χ0) is 14.8. The number of nitrogens with two attached hydrogens (primary N) is 1. The van der Waals surface area contributed by atoms with Crippen molar-refractivity contribution in [3.8, 4) is 0 Å². The molecule has 4 N–H and O–H groups in total. The lowest BCUT2D eigenvalue weighted by atomic mass is 10.2. The first-order chi connectivity index (χ1) is 10.2. The summed E-state index contributed by atoms with van der Waals surface area (Å²) in [5, 5.41) is 3.45. The largest absolute Gasteiger partial charge is 0.368 e. The second-order valence-electron chi connectivity index (χ2n) is 6.19. The van der Waals surface area contributed by atoms with E-state index in [2.05, 4.69) is 44.6 Å². The van der Waals surface area contributed by atoms with Gasteiger partial charge >= 0.3 is 0 Å². The summed E-state index contributed by atoms with van der Waals surface area (Å²) >= 11 is 0. The van der Waals surface area contributed by atoms with Crippen LogP contribution >= 0.6 is 0 Å². The van der Waals surface area contributed by atoms with Gasteiger partial charge < -0.3 is 15.6 Å². The number of likely N-dealkylation sites (N-methyl/N-ethyl adjacent to an activating group) is 2. The molecular weight excluding hydrogens is 266 g/mol. The second kappa shape index (κ2) is 6.13. The molecule has 1 aromatic rings. The molecule has 1 atom stereocenters. The molecule has 1 saturated carbocycles. The number of aromatic nitrogens is 2. The third kappa shape index (κ3) is 3.61. The summed E-state index contributed by atoms with van der Waals surface area (Å²) in [6.45, 7) is 4.20. The molecule has 0 radical (unpaired) electrons. The predicted molar refractivity (Wildman–Crippen MR) is 84.2 cm³/mol. The highest BCUT2D eigenvalue weighted by Gasteiger charge is 2.27. The van der Waals surface area contributed by atoms with Crippen molar-refractivity contribution in [3.05, 3.63) is 11.9 Å². The van der Waals surface area contributed by atoms with E-state index in [0.29, 0.717) is 17.8 Å². The number of nitrogens with one attached hydrogen (secondary N) is 2. The van der Waals surface area contributed by atoms with Gasteiger partial charge in [-0.25, -0.2) is 15.8 Å². The number of hydrazine groups is 1. The lowest BCUT2D eigenvalue weighted by Gasteiger charge is -2.37. The molecule has 0 amide bonds. The van der Waals surface area contributed by atoms with Crippen molar-refractivity contribution in [2.24, 2.45) is 5.84 Å². The van der Waals surface area contributed by atoms with Crippen LogP contribution in [0.3, 0.4) is 0 Å². The SMILES string of the molecule is CN1CCN(C)C(CNc2cc(NN)nc(C3CC3)n2)C1. The maximum atomic E-state index is 5.50. The number of anilines is 2. The van der Waals surface area contributed by atoms with E-state index in [9.17, 15) is 0 Å². The van der Waals surface area contributed by atoms with Crippen LogP contribution in [-0.2, 0) is 0 Å². The molecule has 0 bridgehead atoms. The highest BCUT2D eigenvalue weighted by Crippen LogP contribution is 2.38. The molecule has 1 unspecified atom stereocenters. The van der Waals surface area contributed by atoms with E-state index in [1.807, 2.05) is 6.07 Å². The van der Waals surface area contributed by atoms with Crippen molar-refractivity contribution in [1.29, 1.82) is 0 Å². The fourth-order valence-corrected chi connectivity index (χ4v) is 2.70. The Morgan fingerprint density at radius 3 is 2.71 bits per heavy atom. The van der Waals surface area contributed by atoms with Crippen LogP contribution in [0.1, 0.15) is 24.6 Å². The van der Waals surface area contributed by atoms with Crippen LogP contribution in [0.15, 0.2) is 6.07 Å². The monoisotopic (exact) mass is 291 g/mol. The third-order valence-corrected chi connectivity index (χ3v) is 4.33. The van der Waals surface area contributed by atoms with E-state index >= 15 is 0 Å². The fourth-order valence-electron chi connectivity index (χ4n) is 2.70. The first-order valence-corrected chi connectivity index (χ1v) is 7.64. The molecule has 7 nitrogen and oxygen atoms in total. The number of hydrogen-bond donors (Lipinski definition) is 3. The van der Waals surface area contributed by atoms with Gasteiger partial charge in [-0.15, -0.1) is 0 Å². The van der Waals surface area contributed by atoms with E-state index in [1.165, 1.54) is 12.8 Å². The number of nitrogen functional groups attached to an aromatic ring is 1. The topological polar surface area (TPSA) is 82.3 Å². The molecule has 2 aliphatic rings. The number of rotatable bonds is 5. The molecule has 116 valence electrons. The van der Waals surface area contributed by atoms with Gasteiger partial charge in [-0.05, 0) is 26.9 Å². The minimum absolute atomic E-state index is 0.498. The molecule has 21 heavy (non-hydrogen) atoms. The van der Waals surface area contributed by atoms with Gasteiger partial charge in [-0.3, -0.25) is 4.90 Å². The summed E-state index contributed by atoms with van der Waals surface area (Å²) in [5.74, 6) is 8.47. The lowest BCUT2D eigenvalue weighted by molar-refractivity contribution is 0.122. The van der Waals surface area contributed by atoms with Gasteiger partial charge in [0.2, 0.25) is 0 Å². The molecule has 1 aromatic heterocycles. The Labute approximate surface area is 125 Å². The molecule has 1 saturated heterocycles. The zero-order valence-corrected chi connectivity index (χ0v) is 12.8. The van der Waals surface area contributed by atoms with Gasteiger partial charge in [0.25, 0.3) is 0 Å². The summed E-state index contributed by atoms with van der Waals surface area (Å²) in [4.78, 5) is 13.8. The quantitative estimate of drug-likeness (QED) is 0.531. The number of nitrogens with zero attached hydrogens (tertiary/aromatic N) is 4. The van der Waals surface area contributed by atoms with E-state index in [0.717, 1.165) is 37.8 Å². The van der Waals surface area contributed by atoms with Crippen molar-refractivity contribution >= 4 is 11.6 Å². The van der Waals surface area contributed by atoms with Crippen molar-refractivity contribution in [3.63, 3.8) is 0 Å². The second-order valence-corrected chi connectivity index (χ2v) is 6.19. The van der Waals surface area contributed by atoms with Gasteiger partial charge in [0, 0.05) is 44.2 Å². The third-order valence-electron chi connectivity index (χ3n) is 4.33. The van der Waals surface area contributed by atoms with Crippen LogP contribution in [0.25, 0.3) is 0 Å². The van der Waals surface area contributed by atoms with Crippen molar-refractivity contribution in [2.45, 2.75) is 24.8 Å². The van der Waals surface area contributed by atoms with E-state index in [4.69, 9.17) is 5.84 Å². The van der Waals surface area contributed by atoms with E-state index in [1.54, 1.807) is 0 Å². The molecule has 3 rings (SSSR count). The van der Waals surface area contributed by atoms with E-state index in [-0.39, 0.29) is 0 Å². The van der Waals surface area contributed by atoms with Crippen LogP contribution in [0, 0.1) is 0 Å². The summed E-state index contributed by atoms with van der Waals surface area (Å²) in [6.07, 6.45) is 2.37. The standard InChI is InChI=1S/C14H25N7/c1-20-5-6-21(2)11(9-20)8-16-12-7-13(19-15)18-14(17-12)10-3-4-10/h7,10-11H,3-6,8-9,15H2,1-2H3,(H2,16,17,18,19). The summed E-state index contributed by atoms with van der Waals surface area (Å²) in [5.41, 5.74) is 2.63. The Morgan fingerprint density at radius 2 is 2.00 bits per heavy atom. The van der Waals surface area contributed by atoms with Crippen LogP contribution in [0.5, 0.6) is 0 Å². The van der Waals surface area contributed by atoms with Gasteiger partial charge in [0.15, 0.2) is 0 Å². The average Bonchev–Trinajstić information content (AvgIpc) is 3.32. The zero-order valence-electron chi connectivity index (χ0n) is 12.8. The predicted octanol–water partition coefficient (Wildman–Crippen LogP) is 0.297. The smallest absolute Gasteiger partial charge is 0.145 e. The fraction of sp³-hybridized carbons (Fsp3) is 0.714. The van der Waals surface area contributed by atoms with E-state index < -0.39 is 0 Å². The maximum Gasteiger partial charge on any atom is 0.145 e. The average molecular weight is 291 g/mol. The van der Waals surface area contributed by atoms with Gasteiger partial charge in [0.1, 0.15) is 17.5 Å². The lowest BCUT2D eigenvalue weighted by Crippen LogP contribution is -2.52. The van der Waals surface area contributed by atoms with Gasteiger partial charge in [-0.2, -0.15) is 0 Å². The van der Waals surface area contributed by atoms with Crippen LogP contribution in [0.4, 0.5) is 11.6 Å². The Balaban J connectivity index is 1.65. The molecule has 1 aliphatic heterocycles. The number of piperazine rings is 1. The Kier molecular flexibility index (Phi) is 4.23. The minimum atomic E-state index is 0.498. The van der Waals surface area contributed by atoms with Gasteiger partial charge in [-0.1, -0.05) is 0 Å². The number of hydrogen-bond acceptors (Lipinski definition) is 7. The highest BCUT2D eigenvalue weighted by molar-refractivity contribution is 5.47. The summed E-state index contributed by atoms with van der Waals surface area (Å²) < 4.78 is 0. The Bertz CT molecular complexity index is 488. The Hall–Kier alpha value is -1.44. The molecule has 2 heterocycles. The normalized spacial score (nSPS) is 24.0. The molecule has 0 spiro atoms. The molecule has 1 aliphatic carbocycles. The molecule has 7 heteroatoms. The molecule has 0 aromatic carbocycles. The van der Waals surface area contributed by atoms with Crippen LogP contribution in [-0.4, -0.2) is 66.1 Å². The van der Waals surface area contributed by atoms with Gasteiger partial charge in [0.05, 0.1) is 0 Å². The molecular formula is C14H25N7. The van der Waals surface area contributed by atoms with Crippen molar-refractivity contribution in [2.75, 3.05) is 51.0 Å². The first kappa shape index (κ1) is 14.5. The molecule has 2 fully saturated rings. The summed E-state index contributed by atoms with van der Waals surface area (Å²) in [7, 11) is 4.36. The highest BCUT2D eigenvalue weighted by atomic mass is 15.3. The van der Waals surface area contributed by atoms with Crippen molar-refractivity contribution < 1.29 is 0 Å². The maximum absolute atomic E-state index is 5.50. The Morgan fingerprint density at radius 1 is 1.24 bits per heavy atom. The summed E-state index contributed by atoms with van der Waals surface area (Å²) in [6, 6.07) is 2.37. The minimum Gasteiger partial charge on any atom is -0.368 e. The first-order valence-electron chi connectivity index (χ1n) is 7.64. The van der Waals surface area contributed by atoms with Crippen molar-refractivity contribution in [1.82, 2.24) is 19.8 Å². The van der Waals surface area contributed by atoms with Crippen LogP contribution < -0.4 is 16.6 Å². The van der Waals surface area contributed by atoms with Crippen LogP contribution in [0.2, 0.25) is 0 Å².